The zero-order chi connectivity index (χ0) is 27.2. The molecule has 4 aromatic carbocycles. The molecule has 0 radical (unpaired) electrons. The molecule has 0 unspecified atom stereocenters. The minimum atomic E-state index is -0.0816. The van der Waals surface area contributed by atoms with Gasteiger partial charge in [-0.05, 0) is 64.7 Å². The molecular weight excluding hydrogens is 478 g/mol. The van der Waals surface area contributed by atoms with E-state index in [2.05, 4.69) is 14.6 Å². The van der Waals surface area contributed by atoms with E-state index in [1.165, 1.54) is 0 Å². The first-order valence-electron chi connectivity index (χ1n) is 12.1. The number of nitriles is 2. The van der Waals surface area contributed by atoms with Crippen LogP contribution < -0.4 is 4.90 Å². The van der Waals surface area contributed by atoms with Crippen LogP contribution >= 0.6 is 0 Å². The lowest BCUT2D eigenvalue weighted by atomic mass is 9.97. The van der Waals surface area contributed by atoms with Crippen LogP contribution in [0.5, 0.6) is 0 Å². The van der Waals surface area contributed by atoms with Gasteiger partial charge in [-0.25, -0.2) is 20.2 Å². The average molecular weight is 498 g/mol. The van der Waals surface area contributed by atoms with E-state index in [1.807, 2.05) is 127 Å². The van der Waals surface area contributed by atoms with Crippen molar-refractivity contribution in [2.45, 2.75) is 0 Å². The Balaban J connectivity index is 1.67. The van der Waals surface area contributed by atoms with Crippen molar-refractivity contribution in [2.75, 3.05) is 4.90 Å². The molecule has 0 saturated heterocycles. The lowest BCUT2D eigenvalue weighted by Crippen LogP contribution is -2.09. The Kier molecular flexibility index (Phi) is 6.84. The third-order valence-corrected chi connectivity index (χ3v) is 6.40. The van der Waals surface area contributed by atoms with Gasteiger partial charge in [-0.1, -0.05) is 72.8 Å². The Morgan fingerprint density at radius 3 is 1.41 bits per heavy atom. The van der Waals surface area contributed by atoms with Gasteiger partial charge in [-0.3, -0.25) is 0 Å². The second kappa shape index (κ2) is 10.9. The van der Waals surface area contributed by atoms with Crippen molar-refractivity contribution in [1.29, 1.82) is 10.5 Å². The highest BCUT2D eigenvalue weighted by molar-refractivity contribution is 6.14. The maximum atomic E-state index is 9.75. The van der Waals surface area contributed by atoms with Crippen LogP contribution in [0.15, 0.2) is 126 Å². The van der Waals surface area contributed by atoms with E-state index in [0.717, 1.165) is 22.6 Å². The molecule has 0 amide bonds. The molecule has 1 aliphatic rings. The second-order valence-corrected chi connectivity index (χ2v) is 8.60. The largest absolute Gasteiger partial charge is 0.311 e. The molecule has 0 aliphatic heterocycles. The van der Waals surface area contributed by atoms with E-state index in [0.29, 0.717) is 27.8 Å². The first-order valence-corrected chi connectivity index (χ1v) is 12.1. The summed E-state index contributed by atoms with van der Waals surface area (Å²) in [5, 5.41) is 19.5. The molecule has 0 saturated carbocycles. The lowest BCUT2D eigenvalue weighted by Gasteiger charge is -2.25. The molecule has 5 rings (SSSR count). The number of allylic oxidation sites excluding steroid dienone is 5. The Labute approximate surface area is 227 Å². The van der Waals surface area contributed by atoms with Crippen molar-refractivity contribution in [2.24, 2.45) is 0 Å². The number of hydrogen-bond acceptors (Lipinski definition) is 3. The van der Waals surface area contributed by atoms with Crippen molar-refractivity contribution in [1.82, 2.24) is 0 Å². The van der Waals surface area contributed by atoms with Crippen LogP contribution in [0.1, 0.15) is 16.7 Å². The summed E-state index contributed by atoms with van der Waals surface area (Å²) in [5.41, 5.74) is 6.36. The number of rotatable bonds is 4. The van der Waals surface area contributed by atoms with Crippen LogP contribution in [0, 0.1) is 35.8 Å². The fraction of sp³-hybridized carbons (Fsp3) is 0. The molecule has 5 heteroatoms. The summed E-state index contributed by atoms with van der Waals surface area (Å²) >= 11 is 0. The fourth-order valence-electron chi connectivity index (χ4n) is 4.75. The van der Waals surface area contributed by atoms with Gasteiger partial charge in [0, 0.05) is 28.2 Å². The van der Waals surface area contributed by atoms with Crippen LogP contribution in [0.3, 0.4) is 0 Å². The summed E-state index contributed by atoms with van der Waals surface area (Å²) in [6.45, 7) is 15.2. The van der Waals surface area contributed by atoms with Crippen LogP contribution in [0.25, 0.3) is 26.9 Å². The summed E-state index contributed by atoms with van der Waals surface area (Å²) in [5.74, 6) is 0. The molecule has 0 aromatic heterocycles. The highest BCUT2D eigenvalue weighted by Crippen LogP contribution is 2.49. The van der Waals surface area contributed by atoms with E-state index >= 15 is 0 Å². The summed E-state index contributed by atoms with van der Waals surface area (Å²) < 4.78 is 0. The number of fused-ring (bicyclic) bond motifs is 1. The van der Waals surface area contributed by atoms with E-state index < -0.39 is 0 Å². The monoisotopic (exact) mass is 497 g/mol. The van der Waals surface area contributed by atoms with Gasteiger partial charge in [-0.15, -0.1) is 0 Å². The van der Waals surface area contributed by atoms with Gasteiger partial charge < -0.3 is 4.90 Å². The normalized spacial score (nSPS) is 14.1. The topological polar surface area (TPSA) is 59.5 Å². The van der Waals surface area contributed by atoms with Gasteiger partial charge in [0.2, 0.25) is 0 Å². The Bertz CT molecular complexity index is 1670. The molecule has 0 N–H and O–H groups in total. The molecule has 0 heterocycles. The van der Waals surface area contributed by atoms with E-state index in [-0.39, 0.29) is 11.4 Å². The summed E-state index contributed by atoms with van der Waals surface area (Å²) in [6.07, 6.45) is 1.84. The molecule has 0 spiro atoms. The summed E-state index contributed by atoms with van der Waals surface area (Å²) in [6, 6.07) is 39.3. The molecular formula is C34H19N5. The number of benzene rings is 4. The SMILES string of the molecule is [C-]#[N+]C(C#N)=C1C(=Cc2ccc(N(c3ccccc3)c3ccccc3)cc2)C(=C(C#N)[N+]#[C-])c2ccccc21. The smallest absolute Gasteiger partial charge is 0.270 e. The number of anilines is 3. The first-order chi connectivity index (χ1) is 19.2. The van der Waals surface area contributed by atoms with E-state index in [4.69, 9.17) is 13.1 Å². The predicted octanol–water partition coefficient (Wildman–Crippen LogP) is 8.56. The quantitative estimate of drug-likeness (QED) is 0.210. The molecule has 0 fully saturated rings. The van der Waals surface area contributed by atoms with Gasteiger partial charge in [0.1, 0.15) is 0 Å². The van der Waals surface area contributed by atoms with Crippen LogP contribution in [-0.4, -0.2) is 0 Å². The maximum Gasteiger partial charge on any atom is 0.270 e. The molecule has 39 heavy (non-hydrogen) atoms. The Morgan fingerprint density at radius 1 is 0.590 bits per heavy atom. The molecule has 1 aliphatic carbocycles. The minimum Gasteiger partial charge on any atom is -0.311 e. The zero-order valence-electron chi connectivity index (χ0n) is 20.7. The third-order valence-electron chi connectivity index (χ3n) is 6.40. The Morgan fingerprint density at radius 2 is 1.00 bits per heavy atom. The predicted molar refractivity (Wildman–Crippen MR) is 154 cm³/mol. The Hall–Kier alpha value is -6.14. The van der Waals surface area contributed by atoms with Gasteiger partial charge >= 0.3 is 0 Å². The first kappa shape index (κ1) is 24.5. The molecule has 0 bridgehead atoms. The van der Waals surface area contributed by atoms with Gasteiger partial charge in [0.15, 0.2) is 0 Å². The van der Waals surface area contributed by atoms with Gasteiger partial charge in [0.05, 0.1) is 25.3 Å². The molecule has 4 aromatic rings. The molecule has 180 valence electrons. The zero-order valence-corrected chi connectivity index (χ0v) is 20.7. The molecule has 0 atom stereocenters. The molecule has 5 nitrogen and oxygen atoms in total. The third kappa shape index (κ3) is 4.57. The average Bonchev–Trinajstić information content (AvgIpc) is 3.30. The number of para-hydroxylation sites is 2. The maximum absolute atomic E-state index is 9.75. The standard InChI is InChI=1S/C34H19N5/c1-37-31(22-35)33-28-15-9-10-16-29(28)34(32(23-36)38-2)30(33)21-24-17-19-27(20-18-24)39(25-11-5-3-6-12-25)26-13-7-4-8-14-26/h3-21H. The van der Waals surface area contributed by atoms with Crippen LogP contribution in [-0.2, 0) is 0 Å². The lowest BCUT2D eigenvalue weighted by molar-refractivity contribution is 1.28. The van der Waals surface area contributed by atoms with Crippen LogP contribution in [0.2, 0.25) is 0 Å². The van der Waals surface area contributed by atoms with Crippen molar-refractivity contribution < 1.29 is 0 Å². The van der Waals surface area contributed by atoms with Crippen molar-refractivity contribution in [3.05, 3.63) is 166 Å². The van der Waals surface area contributed by atoms with Crippen molar-refractivity contribution in [3.8, 4) is 12.1 Å². The van der Waals surface area contributed by atoms with E-state index in [9.17, 15) is 10.5 Å². The van der Waals surface area contributed by atoms with E-state index in [1.54, 1.807) is 0 Å². The number of hydrogen-bond donors (Lipinski definition) is 0. The summed E-state index contributed by atoms with van der Waals surface area (Å²) in [7, 11) is 0. The van der Waals surface area contributed by atoms with Crippen molar-refractivity contribution in [3.63, 3.8) is 0 Å². The fourth-order valence-corrected chi connectivity index (χ4v) is 4.75. The highest BCUT2D eigenvalue weighted by Gasteiger charge is 2.31. The van der Waals surface area contributed by atoms with Gasteiger partial charge in [-0.2, -0.15) is 0 Å². The highest BCUT2D eigenvalue weighted by atomic mass is 15.1. The second-order valence-electron chi connectivity index (χ2n) is 8.60. The minimum absolute atomic E-state index is 0.0816. The van der Waals surface area contributed by atoms with Crippen LogP contribution in [0.4, 0.5) is 17.1 Å². The van der Waals surface area contributed by atoms with Gasteiger partial charge in [0.25, 0.3) is 11.4 Å². The van der Waals surface area contributed by atoms with Crippen molar-refractivity contribution >= 4 is 34.3 Å². The number of nitrogens with zero attached hydrogens (tertiary/aromatic N) is 5. The summed E-state index contributed by atoms with van der Waals surface area (Å²) in [4.78, 5) is 9.09.